The molecule has 36 heavy (non-hydrogen) atoms. The van der Waals surface area contributed by atoms with E-state index in [-0.39, 0.29) is 0 Å². The average Bonchev–Trinajstić information content (AvgIpc) is 2.63. The molecule has 4 N–H and O–H groups in total. The van der Waals surface area contributed by atoms with E-state index in [1.165, 1.54) is 55.4 Å². The molecule has 1 rings (SSSR count). The van der Waals surface area contributed by atoms with Crippen LogP contribution in [0.2, 0.25) is 0 Å². The Hall–Kier alpha value is 0.0700. The van der Waals surface area contributed by atoms with Crippen LogP contribution < -0.4 is 19.6 Å². The maximum Gasteiger partial charge on any atom is 0.290 e. The maximum atomic E-state index is 13.9. The van der Waals surface area contributed by atoms with Crippen molar-refractivity contribution in [1.29, 1.82) is 0 Å². The monoisotopic (exact) mass is 618 g/mol. The zero-order valence-corrected chi connectivity index (χ0v) is 26.9. The molecule has 1 aliphatic rings. The lowest BCUT2D eigenvalue weighted by Gasteiger charge is -2.45. The predicted octanol–water partition coefficient (Wildman–Crippen LogP) is 1.79. The Morgan fingerprint density at radius 1 is 0.556 bits per heavy atom. The Balaban J connectivity index is 4.18. The molecular weight excluding hydrogens is 578 g/mol. The van der Waals surface area contributed by atoms with Gasteiger partial charge >= 0.3 is 0 Å². The van der Waals surface area contributed by atoms with E-state index in [9.17, 15) is 34.4 Å². The summed E-state index contributed by atoms with van der Waals surface area (Å²) in [5, 5.41) is 0.831. The highest BCUT2D eigenvalue weighted by molar-refractivity contribution is 8.08. The molecular formula is C17H40N4O10P2S3. The molecule has 1 fully saturated rings. The lowest BCUT2D eigenvalue weighted by Crippen LogP contribution is -2.64. The van der Waals surface area contributed by atoms with Crippen molar-refractivity contribution in [2.45, 2.75) is 93.6 Å². The highest BCUT2D eigenvalue weighted by atomic mass is 32.3. The Morgan fingerprint density at radius 2 is 0.806 bits per heavy atom. The SMILES string of the molecule is COP1(=O)NC(C)(C)S(=O)(=O)C(C)(C)NP(=O)(OC)C(C)(C)NS(=O)(=O)C(C)(C)S(=O)(=O)NC1(C)C. The number of rotatable bonds is 2. The van der Waals surface area contributed by atoms with Gasteiger partial charge in [-0.05, 0) is 69.2 Å². The summed E-state index contributed by atoms with van der Waals surface area (Å²) in [7, 11) is -21.2. The molecule has 2 unspecified atom stereocenters. The minimum atomic E-state index is -4.88. The number of sulfone groups is 1. The van der Waals surface area contributed by atoms with Gasteiger partial charge in [0.2, 0.25) is 20.0 Å². The van der Waals surface area contributed by atoms with Crippen LogP contribution in [0.5, 0.6) is 0 Å². The third-order valence-corrected chi connectivity index (χ3v) is 21.1. The fourth-order valence-corrected chi connectivity index (χ4v) is 14.4. The fourth-order valence-electron chi connectivity index (χ4n) is 3.46. The molecule has 19 heteroatoms. The lowest BCUT2D eigenvalue weighted by molar-refractivity contribution is 0.329. The minimum Gasteiger partial charge on any atom is -0.320 e. The number of nitrogens with one attached hydrogen (secondary N) is 4. The van der Waals surface area contributed by atoms with Gasteiger partial charge in [0.05, 0.1) is 0 Å². The van der Waals surface area contributed by atoms with Crippen molar-refractivity contribution < 1.29 is 43.4 Å². The topological polar surface area (TPSA) is 203 Å². The molecule has 0 aromatic carbocycles. The summed E-state index contributed by atoms with van der Waals surface area (Å²) in [5.41, 5.74) is 0. The van der Waals surface area contributed by atoms with E-state index in [0.717, 1.165) is 28.1 Å². The molecule has 0 amide bonds. The normalized spacial score (nSPS) is 36.8. The third-order valence-electron chi connectivity index (χ3n) is 6.23. The largest absolute Gasteiger partial charge is 0.320 e. The Bertz CT molecular complexity index is 1210. The molecule has 1 aliphatic heterocycles. The first-order chi connectivity index (χ1) is 15.4. The van der Waals surface area contributed by atoms with Gasteiger partial charge in [0.25, 0.3) is 15.0 Å². The van der Waals surface area contributed by atoms with Gasteiger partial charge in [0, 0.05) is 14.2 Å². The van der Waals surface area contributed by atoms with Crippen LogP contribution in [0.15, 0.2) is 0 Å². The molecule has 0 aliphatic carbocycles. The predicted molar refractivity (Wildman–Crippen MR) is 139 cm³/mol. The molecule has 0 aromatic rings. The molecule has 0 bridgehead atoms. The standard InChI is InChI=1S/C17H40N4O10P2S3/c1-13(2)20-35(26,27)17(9,10)36(28,29)21-14(3,4)33(23,31-12)19-16(7,8)34(24,25)15(5,6)18-32(13,22)30-11/h20-21H,1-12H3,(H,18,22)(H,19,23). The molecule has 0 saturated carbocycles. The second-order valence-corrected chi connectivity index (χ2v) is 24.3. The van der Waals surface area contributed by atoms with E-state index < -0.39 is 69.3 Å². The quantitative estimate of drug-likeness (QED) is 0.327. The lowest BCUT2D eigenvalue weighted by atomic mass is 10.4. The molecule has 1 saturated heterocycles. The van der Waals surface area contributed by atoms with Crippen molar-refractivity contribution >= 4 is 44.9 Å². The summed E-state index contributed by atoms with van der Waals surface area (Å²) >= 11 is 0. The Morgan fingerprint density at radius 3 is 1.03 bits per heavy atom. The van der Waals surface area contributed by atoms with Crippen molar-refractivity contribution in [3.63, 3.8) is 0 Å². The van der Waals surface area contributed by atoms with Crippen LogP contribution in [0.3, 0.4) is 0 Å². The summed E-state index contributed by atoms with van der Waals surface area (Å²) < 4.78 is 121. The van der Waals surface area contributed by atoms with Crippen molar-refractivity contribution in [2.24, 2.45) is 0 Å². The number of hydrogen-bond donors (Lipinski definition) is 4. The molecule has 0 radical (unpaired) electrons. The van der Waals surface area contributed by atoms with Gasteiger partial charge in [-0.2, -0.15) is 9.44 Å². The Kier molecular flexibility index (Phi) is 8.83. The van der Waals surface area contributed by atoms with Gasteiger partial charge < -0.3 is 9.05 Å². The Labute approximate surface area is 215 Å². The van der Waals surface area contributed by atoms with E-state index in [2.05, 4.69) is 19.6 Å². The van der Waals surface area contributed by atoms with E-state index in [4.69, 9.17) is 9.05 Å². The van der Waals surface area contributed by atoms with Gasteiger partial charge in [0.15, 0.2) is 13.9 Å². The number of sulfonamides is 2. The smallest absolute Gasteiger partial charge is 0.290 e. The van der Waals surface area contributed by atoms with Crippen molar-refractivity contribution in [3.05, 3.63) is 0 Å². The average molecular weight is 619 g/mol. The van der Waals surface area contributed by atoms with E-state index in [0.29, 0.717) is 0 Å². The molecule has 14 nitrogen and oxygen atoms in total. The van der Waals surface area contributed by atoms with E-state index in [1.54, 1.807) is 0 Å². The first-order valence-corrected chi connectivity index (χ1v) is 18.4. The van der Waals surface area contributed by atoms with Crippen LogP contribution >= 0.6 is 15.0 Å². The van der Waals surface area contributed by atoms with Crippen LogP contribution in [0.1, 0.15) is 69.2 Å². The molecule has 1 heterocycles. The van der Waals surface area contributed by atoms with Gasteiger partial charge in [-0.1, -0.05) is 0 Å². The second-order valence-electron chi connectivity index (χ2n) is 10.9. The van der Waals surface area contributed by atoms with Crippen molar-refractivity contribution in [2.75, 3.05) is 14.2 Å². The first kappa shape index (κ1) is 34.1. The molecule has 0 aromatic heterocycles. The first-order valence-electron chi connectivity index (χ1n) is 10.7. The van der Waals surface area contributed by atoms with Gasteiger partial charge in [-0.3, -0.25) is 9.13 Å². The number of hydrogen-bond acceptors (Lipinski definition) is 10. The van der Waals surface area contributed by atoms with Crippen molar-refractivity contribution in [3.8, 4) is 0 Å². The van der Waals surface area contributed by atoms with Crippen LogP contribution in [-0.4, -0.2) is 63.9 Å². The summed E-state index contributed by atoms with van der Waals surface area (Å²) in [6.45, 7) is 11.2. The summed E-state index contributed by atoms with van der Waals surface area (Å²) in [6.07, 6.45) is 0. The van der Waals surface area contributed by atoms with Crippen LogP contribution in [-0.2, 0) is 48.1 Å². The van der Waals surface area contributed by atoms with Gasteiger partial charge in [-0.15, -0.1) is 0 Å². The van der Waals surface area contributed by atoms with E-state index >= 15 is 0 Å². The van der Waals surface area contributed by atoms with Crippen LogP contribution in [0.25, 0.3) is 0 Å². The van der Waals surface area contributed by atoms with Gasteiger partial charge in [-0.25, -0.2) is 35.4 Å². The second kappa shape index (κ2) is 9.33. The third kappa shape index (κ3) is 5.27. The summed E-state index contributed by atoms with van der Waals surface area (Å²) in [4.78, 5) is -4.11. The fraction of sp³-hybridized carbons (Fsp3) is 1.00. The van der Waals surface area contributed by atoms with Crippen LogP contribution in [0, 0.1) is 0 Å². The highest BCUT2D eigenvalue weighted by Crippen LogP contribution is 2.59. The summed E-state index contributed by atoms with van der Waals surface area (Å²) in [6, 6.07) is 0. The zero-order chi connectivity index (χ0) is 29.2. The molecule has 2 atom stereocenters. The highest BCUT2D eigenvalue weighted by Gasteiger charge is 2.60. The van der Waals surface area contributed by atoms with Gasteiger partial charge in [0.1, 0.15) is 20.3 Å². The maximum absolute atomic E-state index is 13.9. The van der Waals surface area contributed by atoms with E-state index in [1.807, 2.05) is 0 Å². The molecule has 216 valence electrons. The summed E-state index contributed by atoms with van der Waals surface area (Å²) in [5.74, 6) is 0. The van der Waals surface area contributed by atoms with Crippen LogP contribution in [0.4, 0.5) is 0 Å². The zero-order valence-electron chi connectivity index (χ0n) is 22.7. The minimum absolute atomic E-state index is 0.893. The molecule has 0 spiro atoms. The van der Waals surface area contributed by atoms with Crippen molar-refractivity contribution in [1.82, 2.24) is 19.6 Å².